The Labute approximate surface area is 260 Å². The Bertz CT molecular complexity index is 1510. The molecule has 1 saturated carbocycles. The van der Waals surface area contributed by atoms with Crippen LogP contribution in [-0.2, 0) is 22.6 Å². The van der Waals surface area contributed by atoms with Gasteiger partial charge < -0.3 is 5.32 Å². The van der Waals surface area contributed by atoms with Crippen LogP contribution in [-0.4, -0.2) is 38.6 Å². The largest absolute Gasteiger partial charge is 0.339 e. The van der Waals surface area contributed by atoms with Crippen molar-refractivity contribution in [2.45, 2.75) is 58.6 Å². The number of amides is 1. The summed E-state index contributed by atoms with van der Waals surface area (Å²) in [5.41, 5.74) is 7.86. The SMILES string of the molecule is Cc1ccc(Nc2c(C(=O)NOC(C)(C)C)cc(Cc3ccnc(NOSN(C)NC4CC4)c3F)c(=O)n2C)c(F)c1.S. The number of hydrogen-bond donors (Lipinski definition) is 4. The Morgan fingerprint density at radius 2 is 1.91 bits per heavy atom. The fraction of sp³-hybridized carbons (Fsp3) is 0.393. The van der Waals surface area contributed by atoms with Gasteiger partial charge in [0.25, 0.3) is 11.5 Å². The summed E-state index contributed by atoms with van der Waals surface area (Å²) in [4.78, 5) is 36.1. The van der Waals surface area contributed by atoms with E-state index in [-0.39, 0.29) is 53.9 Å². The van der Waals surface area contributed by atoms with E-state index in [9.17, 15) is 14.0 Å². The standard InChI is InChI=1S/C28H35F2N7O4S.H2S/c1-16-7-10-22(21(29)13-16)32-25-20(26(38)35-40-28(2,3)4)15-18(27(39)36(25)5)14-17-11-12-31-24(23(17)30)34-41-42-37(6)33-19-8-9-19;/h7,10-13,15,19,32-33H,8-9,14H2,1-6H3,(H,31,34)(H,35,38);1H2. The first-order valence-electron chi connectivity index (χ1n) is 13.3. The molecule has 15 heteroatoms. The number of hydrogen-bond acceptors (Lipinski definition) is 10. The molecule has 0 unspecified atom stereocenters. The van der Waals surface area contributed by atoms with E-state index in [1.165, 1.54) is 42.1 Å². The smallest absolute Gasteiger partial charge is 0.278 e. The van der Waals surface area contributed by atoms with Crippen molar-refractivity contribution in [3.05, 3.63) is 80.8 Å². The third kappa shape index (κ3) is 9.39. The summed E-state index contributed by atoms with van der Waals surface area (Å²) < 4.78 is 38.2. The van der Waals surface area contributed by atoms with E-state index >= 15 is 4.39 Å². The van der Waals surface area contributed by atoms with Crippen LogP contribution in [0.5, 0.6) is 0 Å². The van der Waals surface area contributed by atoms with Crippen molar-refractivity contribution in [1.82, 2.24) is 24.9 Å². The van der Waals surface area contributed by atoms with Gasteiger partial charge in [-0.2, -0.15) is 22.2 Å². The number of hydroxylamine groups is 1. The number of carbonyl (C=O) groups is 1. The second kappa shape index (κ2) is 14.5. The number of hydrazine groups is 1. The third-order valence-corrected chi connectivity index (χ3v) is 6.63. The molecule has 0 saturated heterocycles. The molecule has 0 aliphatic heterocycles. The molecule has 0 spiro atoms. The molecule has 43 heavy (non-hydrogen) atoms. The van der Waals surface area contributed by atoms with E-state index in [2.05, 4.69) is 26.7 Å². The number of nitrogens with zero attached hydrogens (tertiary/aromatic N) is 3. The van der Waals surface area contributed by atoms with Crippen LogP contribution in [0, 0.1) is 18.6 Å². The average molecular weight is 638 g/mol. The fourth-order valence-corrected chi connectivity index (χ4v) is 4.28. The molecule has 3 aromatic rings. The van der Waals surface area contributed by atoms with Crippen LogP contribution in [0.3, 0.4) is 0 Å². The van der Waals surface area contributed by atoms with E-state index in [1.807, 2.05) is 0 Å². The number of benzene rings is 1. The first kappa shape index (κ1) is 34.3. The molecule has 234 valence electrons. The predicted molar refractivity (Wildman–Crippen MR) is 168 cm³/mol. The van der Waals surface area contributed by atoms with E-state index in [0.29, 0.717) is 11.6 Å². The summed E-state index contributed by atoms with van der Waals surface area (Å²) in [5.74, 6) is -2.08. The summed E-state index contributed by atoms with van der Waals surface area (Å²) >= 11 is 0.939. The zero-order valence-electron chi connectivity index (χ0n) is 24.8. The molecular formula is C28H37F2N7O4S2. The minimum atomic E-state index is -0.719. The maximum atomic E-state index is 15.4. The van der Waals surface area contributed by atoms with Crippen molar-refractivity contribution < 1.29 is 22.7 Å². The van der Waals surface area contributed by atoms with Crippen LogP contribution < -0.4 is 27.3 Å². The summed E-state index contributed by atoms with van der Waals surface area (Å²) in [6, 6.07) is 7.73. The zero-order valence-corrected chi connectivity index (χ0v) is 26.6. The van der Waals surface area contributed by atoms with E-state index in [4.69, 9.17) is 9.12 Å². The molecule has 1 aliphatic rings. The fourth-order valence-electron chi connectivity index (χ4n) is 3.86. The van der Waals surface area contributed by atoms with Gasteiger partial charge in [-0.1, -0.05) is 6.07 Å². The summed E-state index contributed by atoms with van der Waals surface area (Å²) in [7, 11) is 3.21. The molecular weight excluding hydrogens is 600 g/mol. The second-order valence-corrected chi connectivity index (χ2v) is 11.9. The van der Waals surface area contributed by atoms with Gasteiger partial charge in [0, 0.05) is 38.3 Å². The minimum Gasteiger partial charge on any atom is -0.339 e. The number of halogens is 2. The monoisotopic (exact) mass is 637 g/mol. The first-order valence-corrected chi connectivity index (χ1v) is 14.0. The van der Waals surface area contributed by atoms with Gasteiger partial charge in [-0.3, -0.25) is 19.0 Å². The predicted octanol–water partition coefficient (Wildman–Crippen LogP) is 4.78. The Balaban J connectivity index is 0.00000506. The highest BCUT2D eigenvalue weighted by molar-refractivity contribution is 7.92. The van der Waals surface area contributed by atoms with Gasteiger partial charge in [-0.25, -0.2) is 30.2 Å². The van der Waals surface area contributed by atoms with Gasteiger partial charge in [0.2, 0.25) is 0 Å². The Morgan fingerprint density at radius 1 is 1.19 bits per heavy atom. The lowest BCUT2D eigenvalue weighted by atomic mass is 10.0. The van der Waals surface area contributed by atoms with Crippen LogP contribution in [0.15, 0.2) is 41.3 Å². The van der Waals surface area contributed by atoms with Crippen LogP contribution in [0.1, 0.15) is 60.7 Å². The number of aryl methyl sites for hydroxylation is 1. The number of carbonyl (C=O) groups excluding carboxylic acids is 1. The van der Waals surface area contributed by atoms with Gasteiger partial charge >= 0.3 is 0 Å². The van der Waals surface area contributed by atoms with E-state index in [1.54, 1.807) is 45.2 Å². The van der Waals surface area contributed by atoms with Crippen molar-refractivity contribution in [2.75, 3.05) is 17.8 Å². The molecule has 1 fully saturated rings. The molecule has 11 nitrogen and oxygen atoms in total. The van der Waals surface area contributed by atoms with Gasteiger partial charge in [0.05, 0.1) is 16.9 Å². The normalized spacial score (nSPS) is 13.0. The minimum absolute atomic E-state index is 0. The second-order valence-electron chi connectivity index (χ2n) is 11.0. The van der Waals surface area contributed by atoms with Crippen molar-refractivity contribution in [2.24, 2.45) is 7.05 Å². The van der Waals surface area contributed by atoms with Gasteiger partial charge in [0.1, 0.15) is 23.9 Å². The summed E-state index contributed by atoms with van der Waals surface area (Å²) in [6.07, 6.45) is 3.39. The number of nitrogens with one attached hydrogen (secondary N) is 4. The van der Waals surface area contributed by atoms with Crippen molar-refractivity contribution in [3.8, 4) is 0 Å². The lowest BCUT2D eigenvalue weighted by Gasteiger charge is -2.21. The molecule has 4 N–H and O–H groups in total. The first-order chi connectivity index (χ1) is 19.8. The third-order valence-electron chi connectivity index (χ3n) is 6.14. The topological polar surface area (TPSA) is 122 Å². The molecule has 0 atom stereocenters. The molecule has 0 bridgehead atoms. The molecule has 1 aromatic carbocycles. The highest BCUT2D eigenvalue weighted by Gasteiger charge is 2.24. The Morgan fingerprint density at radius 3 is 2.56 bits per heavy atom. The quantitative estimate of drug-likeness (QED) is 0.125. The Kier molecular flexibility index (Phi) is 11.6. The van der Waals surface area contributed by atoms with Crippen molar-refractivity contribution in [1.29, 1.82) is 0 Å². The van der Waals surface area contributed by atoms with Gasteiger partial charge in [0.15, 0.2) is 11.6 Å². The van der Waals surface area contributed by atoms with Gasteiger partial charge in [-0.05, 0) is 75.9 Å². The average Bonchev–Trinajstić information content (AvgIpc) is 3.73. The van der Waals surface area contributed by atoms with Gasteiger partial charge in [-0.15, -0.1) is 0 Å². The zero-order chi connectivity index (χ0) is 30.6. The molecule has 2 aromatic heterocycles. The van der Waals surface area contributed by atoms with Crippen LogP contribution in [0.4, 0.5) is 26.1 Å². The highest BCUT2D eigenvalue weighted by Crippen LogP contribution is 2.26. The Hall–Kier alpha value is -3.21. The van der Waals surface area contributed by atoms with Crippen molar-refractivity contribution in [3.63, 3.8) is 0 Å². The van der Waals surface area contributed by atoms with Crippen LogP contribution in [0.25, 0.3) is 0 Å². The number of rotatable bonds is 12. The molecule has 1 aliphatic carbocycles. The summed E-state index contributed by atoms with van der Waals surface area (Å²) in [5, 5.41) is 2.86. The lowest BCUT2D eigenvalue weighted by Crippen LogP contribution is -2.35. The number of aromatic nitrogens is 2. The van der Waals surface area contributed by atoms with E-state index in [0.717, 1.165) is 25.1 Å². The van der Waals surface area contributed by atoms with Crippen molar-refractivity contribution >= 4 is 49.0 Å². The lowest BCUT2D eigenvalue weighted by molar-refractivity contribution is -0.0589. The number of pyridine rings is 2. The van der Waals surface area contributed by atoms with Crippen LogP contribution >= 0.6 is 25.7 Å². The maximum Gasteiger partial charge on any atom is 0.278 e. The maximum absolute atomic E-state index is 15.4. The molecule has 0 radical (unpaired) electrons. The molecule has 2 heterocycles. The highest BCUT2D eigenvalue weighted by atomic mass is 32.2. The van der Waals surface area contributed by atoms with Crippen LogP contribution in [0.2, 0.25) is 0 Å². The number of anilines is 3. The van der Waals surface area contributed by atoms with E-state index < -0.39 is 28.7 Å². The molecule has 4 rings (SSSR count). The summed E-state index contributed by atoms with van der Waals surface area (Å²) in [6.45, 7) is 7.00. The molecule has 1 amide bonds.